The standard InChI is InChI=1S/C18H34N4O/c1-16-6-9-20(10-7-16)11-8-19-18(23)22-14-12-21(13-15-22)17-4-2-3-5-17/h16-17H,2-15H2,1H3,(H,19,23). The van der Waals surface area contributed by atoms with Gasteiger partial charge in [-0.3, -0.25) is 4.90 Å². The molecule has 0 radical (unpaired) electrons. The van der Waals surface area contributed by atoms with Gasteiger partial charge >= 0.3 is 6.03 Å². The van der Waals surface area contributed by atoms with Crippen molar-refractivity contribution in [3.63, 3.8) is 0 Å². The van der Waals surface area contributed by atoms with E-state index in [1.165, 1.54) is 51.6 Å². The third-order valence-corrected chi connectivity index (χ3v) is 6.02. The van der Waals surface area contributed by atoms with Crippen molar-refractivity contribution in [2.45, 2.75) is 51.5 Å². The SMILES string of the molecule is CC1CCN(CCNC(=O)N2CCN(C3CCCC3)CC2)CC1. The minimum atomic E-state index is 0.140. The summed E-state index contributed by atoms with van der Waals surface area (Å²) in [7, 11) is 0. The van der Waals surface area contributed by atoms with Crippen molar-refractivity contribution >= 4 is 6.03 Å². The molecule has 132 valence electrons. The molecule has 5 heteroatoms. The summed E-state index contributed by atoms with van der Waals surface area (Å²) in [6, 6.07) is 0.933. The second kappa shape index (κ2) is 8.34. The van der Waals surface area contributed by atoms with E-state index in [-0.39, 0.29) is 6.03 Å². The van der Waals surface area contributed by atoms with Gasteiger partial charge in [0.25, 0.3) is 0 Å². The Hall–Kier alpha value is -0.810. The molecule has 5 nitrogen and oxygen atoms in total. The third kappa shape index (κ3) is 4.83. The van der Waals surface area contributed by atoms with Gasteiger partial charge in [0.15, 0.2) is 0 Å². The number of piperazine rings is 1. The van der Waals surface area contributed by atoms with Crippen LogP contribution in [-0.4, -0.2) is 79.1 Å². The van der Waals surface area contributed by atoms with Gasteiger partial charge in [-0.1, -0.05) is 19.8 Å². The van der Waals surface area contributed by atoms with Crippen LogP contribution in [0.1, 0.15) is 45.4 Å². The van der Waals surface area contributed by atoms with Gasteiger partial charge in [0.1, 0.15) is 0 Å². The average Bonchev–Trinajstić information content (AvgIpc) is 3.11. The van der Waals surface area contributed by atoms with Crippen molar-refractivity contribution in [2.75, 3.05) is 52.4 Å². The van der Waals surface area contributed by atoms with Gasteiger partial charge < -0.3 is 15.1 Å². The van der Waals surface area contributed by atoms with Gasteiger partial charge in [-0.15, -0.1) is 0 Å². The van der Waals surface area contributed by atoms with E-state index in [9.17, 15) is 4.79 Å². The summed E-state index contributed by atoms with van der Waals surface area (Å²) >= 11 is 0. The van der Waals surface area contributed by atoms with Crippen LogP contribution in [0.2, 0.25) is 0 Å². The molecule has 2 amide bonds. The van der Waals surface area contributed by atoms with Crippen LogP contribution in [0.4, 0.5) is 4.79 Å². The Balaban J connectivity index is 1.30. The summed E-state index contributed by atoms with van der Waals surface area (Å²) in [6.45, 7) is 10.4. The number of nitrogens with one attached hydrogen (secondary N) is 1. The second-order valence-corrected chi connectivity index (χ2v) is 7.72. The normalized spacial score (nSPS) is 25.9. The first-order valence-corrected chi connectivity index (χ1v) is 9.71. The molecule has 2 aliphatic heterocycles. The smallest absolute Gasteiger partial charge is 0.317 e. The van der Waals surface area contributed by atoms with Crippen LogP contribution in [0, 0.1) is 5.92 Å². The summed E-state index contributed by atoms with van der Waals surface area (Å²) < 4.78 is 0. The summed E-state index contributed by atoms with van der Waals surface area (Å²) in [5, 5.41) is 3.12. The average molecular weight is 322 g/mol. The Kier molecular flexibility index (Phi) is 6.17. The Labute approximate surface area is 141 Å². The fourth-order valence-corrected chi connectivity index (χ4v) is 4.28. The molecule has 1 aliphatic carbocycles. The molecule has 0 unspecified atom stereocenters. The molecule has 1 N–H and O–H groups in total. The van der Waals surface area contributed by atoms with Crippen LogP contribution in [-0.2, 0) is 0 Å². The summed E-state index contributed by atoms with van der Waals surface area (Å²) in [5.41, 5.74) is 0. The maximum atomic E-state index is 12.3. The molecular formula is C18H34N4O. The maximum absolute atomic E-state index is 12.3. The topological polar surface area (TPSA) is 38.8 Å². The first-order chi connectivity index (χ1) is 11.2. The van der Waals surface area contributed by atoms with E-state index in [0.717, 1.165) is 51.2 Å². The van der Waals surface area contributed by atoms with Crippen LogP contribution in [0.15, 0.2) is 0 Å². The fourth-order valence-electron chi connectivity index (χ4n) is 4.28. The predicted molar refractivity (Wildman–Crippen MR) is 93.6 cm³/mol. The highest BCUT2D eigenvalue weighted by Crippen LogP contribution is 2.24. The molecule has 2 saturated heterocycles. The highest BCUT2D eigenvalue weighted by molar-refractivity contribution is 5.74. The maximum Gasteiger partial charge on any atom is 0.317 e. The Bertz CT molecular complexity index is 367. The molecular weight excluding hydrogens is 288 g/mol. The van der Waals surface area contributed by atoms with Gasteiger partial charge in [0.05, 0.1) is 0 Å². The zero-order valence-electron chi connectivity index (χ0n) is 14.8. The molecule has 0 spiro atoms. The van der Waals surface area contributed by atoms with Gasteiger partial charge in [-0.25, -0.2) is 4.79 Å². The number of carbonyl (C=O) groups excluding carboxylic acids is 1. The molecule has 0 bridgehead atoms. The lowest BCUT2D eigenvalue weighted by molar-refractivity contribution is 0.109. The molecule has 3 rings (SSSR count). The van der Waals surface area contributed by atoms with Gasteiger partial charge in [-0.2, -0.15) is 0 Å². The van der Waals surface area contributed by atoms with Crippen LogP contribution in [0.25, 0.3) is 0 Å². The molecule has 0 aromatic rings. The van der Waals surface area contributed by atoms with Crippen molar-refractivity contribution in [1.29, 1.82) is 0 Å². The number of hydrogen-bond acceptors (Lipinski definition) is 3. The lowest BCUT2D eigenvalue weighted by Crippen LogP contribution is -2.54. The number of carbonyl (C=O) groups is 1. The lowest BCUT2D eigenvalue weighted by atomic mass is 9.99. The zero-order chi connectivity index (χ0) is 16.1. The summed E-state index contributed by atoms with van der Waals surface area (Å²) in [6.07, 6.45) is 8.11. The van der Waals surface area contributed by atoms with Crippen LogP contribution < -0.4 is 5.32 Å². The van der Waals surface area contributed by atoms with Gasteiger partial charge in [0.2, 0.25) is 0 Å². The molecule has 2 heterocycles. The molecule has 0 aromatic carbocycles. The van der Waals surface area contributed by atoms with E-state index in [0.29, 0.717) is 0 Å². The Morgan fingerprint density at radius 2 is 1.61 bits per heavy atom. The van der Waals surface area contributed by atoms with Crippen LogP contribution in [0.3, 0.4) is 0 Å². The zero-order valence-corrected chi connectivity index (χ0v) is 14.8. The van der Waals surface area contributed by atoms with Crippen molar-refractivity contribution < 1.29 is 4.79 Å². The van der Waals surface area contributed by atoms with E-state index in [2.05, 4.69) is 22.0 Å². The van der Waals surface area contributed by atoms with Gasteiger partial charge in [0, 0.05) is 45.3 Å². The lowest BCUT2D eigenvalue weighted by Gasteiger charge is -2.38. The minimum absolute atomic E-state index is 0.140. The molecule has 0 aromatic heterocycles. The number of hydrogen-bond donors (Lipinski definition) is 1. The number of nitrogens with zero attached hydrogens (tertiary/aromatic N) is 3. The van der Waals surface area contributed by atoms with Gasteiger partial charge in [-0.05, 0) is 44.7 Å². The fraction of sp³-hybridized carbons (Fsp3) is 0.944. The molecule has 3 aliphatic rings. The Morgan fingerprint density at radius 3 is 2.26 bits per heavy atom. The first kappa shape index (κ1) is 17.0. The number of urea groups is 1. The Morgan fingerprint density at radius 1 is 0.957 bits per heavy atom. The number of piperidine rings is 1. The number of likely N-dealkylation sites (tertiary alicyclic amines) is 1. The number of rotatable bonds is 4. The highest BCUT2D eigenvalue weighted by atomic mass is 16.2. The molecule has 3 fully saturated rings. The summed E-state index contributed by atoms with van der Waals surface area (Å²) in [4.78, 5) is 19.4. The van der Waals surface area contributed by atoms with Crippen molar-refractivity contribution in [1.82, 2.24) is 20.0 Å². The molecule has 23 heavy (non-hydrogen) atoms. The van der Waals surface area contributed by atoms with E-state index in [1.807, 2.05) is 4.90 Å². The largest absolute Gasteiger partial charge is 0.337 e. The van der Waals surface area contributed by atoms with Crippen LogP contribution >= 0.6 is 0 Å². The van der Waals surface area contributed by atoms with E-state index < -0.39 is 0 Å². The summed E-state index contributed by atoms with van der Waals surface area (Å²) in [5.74, 6) is 0.872. The monoisotopic (exact) mass is 322 g/mol. The van der Waals surface area contributed by atoms with Crippen molar-refractivity contribution in [3.8, 4) is 0 Å². The predicted octanol–water partition coefficient (Wildman–Crippen LogP) is 1.99. The van der Waals surface area contributed by atoms with Crippen molar-refractivity contribution in [3.05, 3.63) is 0 Å². The van der Waals surface area contributed by atoms with E-state index in [4.69, 9.17) is 0 Å². The van der Waals surface area contributed by atoms with E-state index in [1.54, 1.807) is 0 Å². The first-order valence-electron chi connectivity index (χ1n) is 9.71. The highest BCUT2D eigenvalue weighted by Gasteiger charge is 2.27. The molecule has 0 atom stereocenters. The van der Waals surface area contributed by atoms with Crippen molar-refractivity contribution in [2.24, 2.45) is 5.92 Å². The van der Waals surface area contributed by atoms with E-state index >= 15 is 0 Å². The second-order valence-electron chi connectivity index (χ2n) is 7.72. The molecule has 1 saturated carbocycles. The number of amides is 2. The quantitative estimate of drug-likeness (QED) is 0.860. The third-order valence-electron chi connectivity index (χ3n) is 6.02. The minimum Gasteiger partial charge on any atom is -0.337 e. The van der Waals surface area contributed by atoms with Crippen LogP contribution in [0.5, 0.6) is 0 Å².